The average Bonchev–Trinajstić information content (AvgIpc) is 3.45. The molecule has 0 unspecified atom stereocenters. The van der Waals surface area contributed by atoms with Crippen molar-refractivity contribution in [3.05, 3.63) is 96.1 Å². The summed E-state index contributed by atoms with van der Waals surface area (Å²) < 4.78 is 5.22. The molecule has 0 saturated heterocycles. The molecule has 6 rings (SSSR count). The minimum Gasteiger partial charge on any atom is -0.398 e. The fraction of sp³-hybridized carbons (Fsp3) is 0.222. The first kappa shape index (κ1) is 27.9. The van der Waals surface area contributed by atoms with Gasteiger partial charge in [-0.05, 0) is 72.2 Å². The van der Waals surface area contributed by atoms with Crippen LogP contribution in [0.2, 0.25) is 0 Å². The van der Waals surface area contributed by atoms with E-state index in [0.29, 0.717) is 11.8 Å². The van der Waals surface area contributed by atoms with Crippen LogP contribution < -0.4 is 11.5 Å². The minimum absolute atomic E-state index is 0.448. The molecular weight excluding hydrogens is 525 g/mol. The van der Waals surface area contributed by atoms with Crippen molar-refractivity contribution in [2.75, 3.05) is 11.5 Å². The Morgan fingerprint density at radius 2 is 1.18 bits per heavy atom. The van der Waals surface area contributed by atoms with Crippen molar-refractivity contribution in [1.82, 2.24) is 0 Å². The van der Waals surface area contributed by atoms with Crippen LogP contribution in [0.3, 0.4) is 0 Å². The summed E-state index contributed by atoms with van der Waals surface area (Å²) in [6.07, 6.45) is 0. The number of anilines is 2. The van der Waals surface area contributed by atoms with Crippen LogP contribution >= 0.6 is 22.7 Å². The van der Waals surface area contributed by atoms with Gasteiger partial charge in [0.15, 0.2) is 0 Å². The van der Waals surface area contributed by atoms with Gasteiger partial charge in [0.05, 0.1) is 0 Å². The molecule has 6 aromatic rings. The Kier molecular flexibility index (Phi) is 7.52. The fourth-order valence-electron chi connectivity index (χ4n) is 5.62. The van der Waals surface area contributed by atoms with E-state index in [2.05, 4.69) is 102 Å². The first-order chi connectivity index (χ1) is 19.0. The molecule has 2 heterocycles. The predicted octanol–water partition coefficient (Wildman–Crippen LogP) is 11.6. The third kappa shape index (κ3) is 4.70. The van der Waals surface area contributed by atoms with Crippen LogP contribution in [-0.2, 0) is 0 Å². The molecule has 40 heavy (non-hydrogen) atoms. The van der Waals surface area contributed by atoms with Gasteiger partial charge in [0.1, 0.15) is 0 Å². The Labute approximate surface area is 245 Å². The molecule has 0 atom stereocenters. The van der Waals surface area contributed by atoms with Crippen LogP contribution in [0.25, 0.3) is 51.5 Å². The number of nitrogen functional groups attached to an aromatic ring is 2. The third-order valence-electron chi connectivity index (χ3n) is 7.57. The number of rotatable bonds is 4. The molecule has 0 aliphatic heterocycles. The summed E-state index contributed by atoms with van der Waals surface area (Å²) in [7, 11) is 0. The topological polar surface area (TPSA) is 52.0 Å². The maximum absolute atomic E-state index is 6.48. The number of benzene rings is 4. The summed E-state index contributed by atoms with van der Waals surface area (Å²) in [5.74, 6) is 0.903. The molecule has 4 heteroatoms. The molecule has 0 saturated carbocycles. The second kappa shape index (κ2) is 10.8. The summed E-state index contributed by atoms with van der Waals surface area (Å²) in [5, 5.41) is 5.25. The van der Waals surface area contributed by atoms with E-state index in [1.54, 1.807) is 11.3 Å². The van der Waals surface area contributed by atoms with Gasteiger partial charge in [0, 0.05) is 62.8 Å². The van der Waals surface area contributed by atoms with E-state index in [-0.39, 0.29) is 0 Å². The van der Waals surface area contributed by atoms with Crippen LogP contribution in [0, 0.1) is 0 Å². The Morgan fingerprint density at radius 3 is 1.68 bits per heavy atom. The molecule has 0 bridgehead atoms. The molecule has 2 nitrogen and oxygen atoms in total. The number of allylic oxidation sites excluding steroid dienone is 2. The Hall–Kier alpha value is -3.60. The molecule has 4 N–H and O–H groups in total. The second-order valence-electron chi connectivity index (χ2n) is 11.3. The van der Waals surface area contributed by atoms with Crippen LogP contribution in [-0.4, -0.2) is 0 Å². The maximum Gasteiger partial charge on any atom is 0.0480 e. The van der Waals surface area contributed by atoms with Crippen molar-refractivity contribution in [2.45, 2.75) is 53.4 Å². The van der Waals surface area contributed by atoms with Gasteiger partial charge in [-0.15, -0.1) is 22.7 Å². The zero-order chi connectivity index (χ0) is 28.9. The summed E-state index contributed by atoms with van der Waals surface area (Å²) in [5.41, 5.74) is 21.3. The van der Waals surface area contributed by atoms with Crippen LogP contribution in [0.5, 0.6) is 0 Å². The Bertz CT molecular complexity index is 1930. The fourth-order valence-corrected chi connectivity index (χ4v) is 8.33. The predicted molar refractivity (Wildman–Crippen MR) is 185 cm³/mol. The molecule has 204 valence electrons. The number of nitrogens with two attached hydrogens (primary N) is 2. The first-order valence-electron chi connectivity index (χ1n) is 13.8. The Morgan fingerprint density at radius 1 is 0.650 bits per heavy atom. The van der Waals surface area contributed by atoms with Gasteiger partial charge in [-0.25, -0.2) is 0 Å². The minimum atomic E-state index is 0.448. The lowest BCUT2D eigenvalue weighted by molar-refractivity contribution is 0.848. The zero-order valence-electron chi connectivity index (χ0n) is 24.3. The molecule has 2 aromatic heterocycles. The normalized spacial score (nSPS) is 11.6. The molecular formula is C36H38N2S2. The number of fused-ring (bicyclic) bond motifs is 6. The lowest BCUT2D eigenvalue weighted by Crippen LogP contribution is -2.03. The highest BCUT2D eigenvalue weighted by Gasteiger charge is 2.19. The van der Waals surface area contributed by atoms with Crippen molar-refractivity contribution < 1.29 is 0 Å². The first-order valence-corrected chi connectivity index (χ1v) is 15.4. The molecule has 0 aliphatic rings. The molecule has 0 radical (unpaired) electrons. The van der Waals surface area contributed by atoms with Gasteiger partial charge in [-0.2, -0.15) is 0 Å². The SMILES string of the molecule is C=C(C)c1cc2c(sc3ccccc32)c(C(=C)C)c1N.CC(C)c1cc2c(sc3ccccc32)c(C(C)C)c1N. The summed E-state index contributed by atoms with van der Waals surface area (Å²) in [6.45, 7) is 21.1. The van der Waals surface area contributed by atoms with Gasteiger partial charge in [-0.1, -0.05) is 77.3 Å². The van der Waals surface area contributed by atoms with Gasteiger partial charge in [-0.3, -0.25) is 0 Å². The van der Waals surface area contributed by atoms with E-state index >= 15 is 0 Å². The lowest BCUT2D eigenvalue weighted by atomic mass is 9.91. The van der Waals surface area contributed by atoms with Crippen molar-refractivity contribution in [2.24, 2.45) is 0 Å². The smallest absolute Gasteiger partial charge is 0.0480 e. The quantitative estimate of drug-likeness (QED) is 0.210. The standard InChI is InChI=1S/C18H21NS.C18H17NS/c2*1-10(2)13-9-14-12-7-5-6-8-15(12)20-18(14)16(11(3)4)17(13)19/h5-11H,19H2,1-4H3;5-9H,1,3,19H2,2,4H3. The highest BCUT2D eigenvalue weighted by molar-refractivity contribution is 7.26. The molecule has 0 amide bonds. The highest BCUT2D eigenvalue weighted by atomic mass is 32.1. The van der Waals surface area contributed by atoms with E-state index in [0.717, 1.165) is 33.6 Å². The average molecular weight is 563 g/mol. The van der Waals surface area contributed by atoms with E-state index in [1.165, 1.54) is 51.5 Å². The molecule has 0 spiro atoms. The number of hydrogen-bond donors (Lipinski definition) is 2. The van der Waals surface area contributed by atoms with E-state index in [9.17, 15) is 0 Å². The molecule has 0 fully saturated rings. The van der Waals surface area contributed by atoms with Crippen molar-refractivity contribution in [3.8, 4) is 0 Å². The van der Waals surface area contributed by atoms with E-state index < -0.39 is 0 Å². The summed E-state index contributed by atoms with van der Waals surface area (Å²) in [6, 6.07) is 21.6. The van der Waals surface area contributed by atoms with Crippen molar-refractivity contribution in [3.63, 3.8) is 0 Å². The Balaban J connectivity index is 0.000000161. The van der Waals surface area contributed by atoms with Gasteiger partial charge in [0.25, 0.3) is 0 Å². The number of hydrogen-bond acceptors (Lipinski definition) is 4. The van der Waals surface area contributed by atoms with Crippen LogP contribution in [0.1, 0.15) is 75.6 Å². The van der Waals surface area contributed by atoms with Crippen molar-refractivity contribution >= 4 is 85.5 Å². The van der Waals surface area contributed by atoms with E-state index in [4.69, 9.17) is 11.5 Å². The largest absolute Gasteiger partial charge is 0.398 e. The third-order valence-corrected chi connectivity index (χ3v) is 10.00. The monoisotopic (exact) mass is 562 g/mol. The highest BCUT2D eigenvalue weighted by Crippen LogP contribution is 2.45. The van der Waals surface area contributed by atoms with Crippen molar-refractivity contribution in [1.29, 1.82) is 0 Å². The maximum atomic E-state index is 6.48. The summed E-state index contributed by atoms with van der Waals surface area (Å²) >= 11 is 3.65. The van der Waals surface area contributed by atoms with Crippen LogP contribution in [0.15, 0.2) is 73.8 Å². The van der Waals surface area contributed by atoms with Crippen LogP contribution in [0.4, 0.5) is 11.4 Å². The van der Waals surface area contributed by atoms with E-state index in [1.807, 2.05) is 25.2 Å². The zero-order valence-corrected chi connectivity index (χ0v) is 25.9. The van der Waals surface area contributed by atoms with Gasteiger partial charge in [0.2, 0.25) is 0 Å². The van der Waals surface area contributed by atoms with Gasteiger partial charge >= 0.3 is 0 Å². The molecule has 0 aliphatic carbocycles. The second-order valence-corrected chi connectivity index (χ2v) is 13.4. The number of thiophene rings is 2. The lowest BCUT2D eigenvalue weighted by Gasteiger charge is -2.17. The van der Waals surface area contributed by atoms with Gasteiger partial charge < -0.3 is 11.5 Å². The summed E-state index contributed by atoms with van der Waals surface area (Å²) in [4.78, 5) is 0. The molecule has 4 aromatic carbocycles.